The summed E-state index contributed by atoms with van der Waals surface area (Å²) in [5.74, 6) is 0.418. The van der Waals surface area contributed by atoms with Crippen LogP contribution in [0.15, 0.2) is 30.6 Å². The van der Waals surface area contributed by atoms with Crippen molar-refractivity contribution in [1.82, 2.24) is 14.9 Å². The lowest BCUT2D eigenvalue weighted by molar-refractivity contribution is 0.0700. The van der Waals surface area contributed by atoms with Gasteiger partial charge in [0.05, 0.1) is 5.56 Å². The smallest absolute Gasteiger partial charge is 0.256 e. The van der Waals surface area contributed by atoms with Crippen LogP contribution >= 0.6 is 0 Å². The van der Waals surface area contributed by atoms with Gasteiger partial charge >= 0.3 is 0 Å². The number of aryl methyl sites for hydroxylation is 1. The van der Waals surface area contributed by atoms with Crippen LogP contribution in [0.3, 0.4) is 0 Å². The standard InChI is InChI=1S/C16H18FN3O/c1-11-4-5-14(17)13(9-11)16(21)20-8-2-3-12(10-20)15-18-6-7-19-15/h4-7,9,12H,2-3,8,10H2,1H3,(H,18,19). The molecule has 0 saturated carbocycles. The average molecular weight is 287 g/mol. The number of piperidine rings is 1. The highest BCUT2D eigenvalue weighted by atomic mass is 19.1. The Morgan fingerprint density at radius 1 is 1.48 bits per heavy atom. The molecule has 2 aromatic rings. The molecule has 1 aromatic heterocycles. The fraction of sp³-hybridized carbons (Fsp3) is 0.375. The maximum Gasteiger partial charge on any atom is 0.256 e. The minimum atomic E-state index is -0.453. The summed E-state index contributed by atoms with van der Waals surface area (Å²) in [4.78, 5) is 21.6. The van der Waals surface area contributed by atoms with Crippen molar-refractivity contribution in [3.05, 3.63) is 53.4 Å². The molecule has 21 heavy (non-hydrogen) atoms. The first-order chi connectivity index (χ1) is 10.1. The van der Waals surface area contributed by atoms with Crippen molar-refractivity contribution in [2.45, 2.75) is 25.7 Å². The topological polar surface area (TPSA) is 49.0 Å². The molecule has 0 aliphatic carbocycles. The fourth-order valence-electron chi connectivity index (χ4n) is 2.86. The molecule has 1 saturated heterocycles. The molecule has 3 rings (SSSR count). The summed E-state index contributed by atoms with van der Waals surface area (Å²) < 4.78 is 13.9. The van der Waals surface area contributed by atoms with E-state index in [1.54, 1.807) is 29.4 Å². The lowest BCUT2D eigenvalue weighted by Gasteiger charge is -2.32. The number of hydrogen-bond donors (Lipinski definition) is 1. The third-order valence-corrected chi connectivity index (χ3v) is 3.97. The van der Waals surface area contributed by atoms with Gasteiger partial charge in [0, 0.05) is 31.4 Å². The lowest BCUT2D eigenvalue weighted by Crippen LogP contribution is -2.39. The number of benzene rings is 1. The number of amides is 1. The predicted molar refractivity (Wildman–Crippen MR) is 77.6 cm³/mol. The Hall–Kier alpha value is -2.17. The number of hydrogen-bond acceptors (Lipinski definition) is 2. The minimum absolute atomic E-state index is 0.162. The number of rotatable bonds is 2. The van der Waals surface area contributed by atoms with Crippen molar-refractivity contribution < 1.29 is 9.18 Å². The summed E-state index contributed by atoms with van der Waals surface area (Å²) in [6.45, 7) is 3.11. The van der Waals surface area contributed by atoms with Gasteiger partial charge in [0.2, 0.25) is 0 Å². The number of carbonyl (C=O) groups excluding carboxylic acids is 1. The van der Waals surface area contributed by atoms with Crippen LogP contribution in [0.4, 0.5) is 4.39 Å². The summed E-state index contributed by atoms with van der Waals surface area (Å²) in [6, 6.07) is 4.65. The summed E-state index contributed by atoms with van der Waals surface area (Å²) in [5, 5.41) is 0. The Balaban J connectivity index is 1.79. The zero-order valence-corrected chi connectivity index (χ0v) is 12.0. The third kappa shape index (κ3) is 2.82. The van der Waals surface area contributed by atoms with Gasteiger partial charge in [-0.3, -0.25) is 4.79 Å². The number of aromatic amines is 1. The highest BCUT2D eigenvalue weighted by Crippen LogP contribution is 2.26. The van der Waals surface area contributed by atoms with Crippen LogP contribution in [0.2, 0.25) is 0 Å². The molecule has 1 unspecified atom stereocenters. The number of H-pyrrole nitrogens is 1. The zero-order valence-electron chi connectivity index (χ0n) is 12.0. The van der Waals surface area contributed by atoms with E-state index in [-0.39, 0.29) is 17.4 Å². The number of imidazole rings is 1. The van der Waals surface area contributed by atoms with Gasteiger partial charge in [0.25, 0.3) is 5.91 Å². The Labute approximate surface area is 123 Å². The van der Waals surface area contributed by atoms with Crippen LogP contribution in [-0.4, -0.2) is 33.9 Å². The van der Waals surface area contributed by atoms with Crippen molar-refractivity contribution >= 4 is 5.91 Å². The maximum absolute atomic E-state index is 13.9. The molecular formula is C16H18FN3O. The number of carbonyl (C=O) groups is 1. The number of halogens is 1. The fourth-order valence-corrected chi connectivity index (χ4v) is 2.86. The van der Waals surface area contributed by atoms with E-state index in [0.717, 1.165) is 24.2 Å². The van der Waals surface area contributed by atoms with Gasteiger partial charge in [-0.25, -0.2) is 9.37 Å². The van der Waals surface area contributed by atoms with Gasteiger partial charge in [-0.2, -0.15) is 0 Å². The molecule has 1 aliphatic heterocycles. The molecule has 4 nitrogen and oxygen atoms in total. The summed E-state index contributed by atoms with van der Waals surface area (Å²) in [6.07, 6.45) is 5.41. The third-order valence-electron chi connectivity index (χ3n) is 3.97. The lowest BCUT2D eigenvalue weighted by atomic mass is 9.96. The molecule has 1 N–H and O–H groups in total. The summed E-state index contributed by atoms with van der Waals surface area (Å²) >= 11 is 0. The number of nitrogens with one attached hydrogen (secondary N) is 1. The van der Waals surface area contributed by atoms with Gasteiger partial charge in [-0.15, -0.1) is 0 Å². The normalized spacial score (nSPS) is 18.8. The van der Waals surface area contributed by atoms with Crippen molar-refractivity contribution in [1.29, 1.82) is 0 Å². The summed E-state index contributed by atoms with van der Waals surface area (Å²) in [7, 11) is 0. The molecule has 1 amide bonds. The summed E-state index contributed by atoms with van der Waals surface area (Å²) in [5.41, 5.74) is 1.05. The van der Waals surface area contributed by atoms with Crippen LogP contribution in [0.25, 0.3) is 0 Å². The van der Waals surface area contributed by atoms with E-state index in [0.29, 0.717) is 13.1 Å². The minimum Gasteiger partial charge on any atom is -0.348 e. The second kappa shape index (κ2) is 5.68. The van der Waals surface area contributed by atoms with Crippen LogP contribution in [-0.2, 0) is 0 Å². The van der Waals surface area contributed by atoms with Gasteiger partial charge in [0.1, 0.15) is 11.6 Å². The van der Waals surface area contributed by atoms with Crippen LogP contribution < -0.4 is 0 Å². The van der Waals surface area contributed by atoms with Crippen molar-refractivity contribution in [2.24, 2.45) is 0 Å². The predicted octanol–water partition coefficient (Wildman–Crippen LogP) is 2.88. The number of aromatic nitrogens is 2. The highest BCUT2D eigenvalue weighted by Gasteiger charge is 2.28. The van der Waals surface area contributed by atoms with Crippen LogP contribution in [0, 0.1) is 12.7 Å². The van der Waals surface area contributed by atoms with Crippen molar-refractivity contribution in [3.8, 4) is 0 Å². The van der Waals surface area contributed by atoms with Gasteiger partial charge in [-0.05, 0) is 31.9 Å². The quantitative estimate of drug-likeness (QED) is 0.923. The van der Waals surface area contributed by atoms with E-state index in [4.69, 9.17) is 0 Å². The van der Waals surface area contributed by atoms with E-state index < -0.39 is 5.82 Å². The molecular weight excluding hydrogens is 269 g/mol. The van der Waals surface area contributed by atoms with Gasteiger partial charge < -0.3 is 9.88 Å². The van der Waals surface area contributed by atoms with Gasteiger partial charge in [0.15, 0.2) is 0 Å². The van der Waals surface area contributed by atoms with E-state index in [2.05, 4.69) is 9.97 Å². The molecule has 5 heteroatoms. The molecule has 2 heterocycles. The molecule has 110 valence electrons. The Bertz CT molecular complexity index is 639. The first-order valence-electron chi connectivity index (χ1n) is 7.20. The Morgan fingerprint density at radius 3 is 3.10 bits per heavy atom. The first-order valence-corrected chi connectivity index (χ1v) is 7.20. The molecule has 0 radical (unpaired) electrons. The van der Waals surface area contributed by atoms with Crippen LogP contribution in [0.1, 0.15) is 40.5 Å². The number of nitrogens with zero attached hydrogens (tertiary/aromatic N) is 2. The van der Waals surface area contributed by atoms with Crippen molar-refractivity contribution in [2.75, 3.05) is 13.1 Å². The monoisotopic (exact) mass is 287 g/mol. The largest absolute Gasteiger partial charge is 0.348 e. The molecule has 1 atom stereocenters. The molecule has 0 spiro atoms. The van der Waals surface area contributed by atoms with Gasteiger partial charge in [-0.1, -0.05) is 11.6 Å². The van der Waals surface area contributed by atoms with E-state index in [9.17, 15) is 9.18 Å². The second-order valence-corrected chi connectivity index (χ2v) is 5.55. The van der Waals surface area contributed by atoms with E-state index >= 15 is 0 Å². The van der Waals surface area contributed by atoms with Crippen molar-refractivity contribution in [3.63, 3.8) is 0 Å². The van der Waals surface area contributed by atoms with E-state index in [1.807, 2.05) is 6.92 Å². The molecule has 1 fully saturated rings. The zero-order chi connectivity index (χ0) is 14.8. The molecule has 0 bridgehead atoms. The average Bonchev–Trinajstić information content (AvgIpc) is 3.03. The van der Waals surface area contributed by atoms with E-state index in [1.165, 1.54) is 6.07 Å². The molecule has 1 aliphatic rings. The number of likely N-dealkylation sites (tertiary alicyclic amines) is 1. The SMILES string of the molecule is Cc1ccc(F)c(C(=O)N2CCCC(c3ncc[nH]3)C2)c1. The first kappa shape index (κ1) is 13.8. The maximum atomic E-state index is 13.9. The highest BCUT2D eigenvalue weighted by molar-refractivity contribution is 5.94. The Kier molecular flexibility index (Phi) is 3.73. The van der Waals surface area contributed by atoms with Crippen LogP contribution in [0.5, 0.6) is 0 Å². The second-order valence-electron chi connectivity index (χ2n) is 5.55. The molecule has 1 aromatic carbocycles. The Morgan fingerprint density at radius 2 is 2.33 bits per heavy atom.